The van der Waals surface area contributed by atoms with E-state index in [0.717, 1.165) is 0 Å². The van der Waals surface area contributed by atoms with Crippen LogP contribution in [0.25, 0.3) is 0 Å². The van der Waals surface area contributed by atoms with Crippen LogP contribution in [0.15, 0.2) is 6.07 Å². The molecule has 2 atom stereocenters. The van der Waals surface area contributed by atoms with Crippen LogP contribution >= 0.6 is 0 Å². The van der Waals surface area contributed by atoms with E-state index in [0.29, 0.717) is 18.0 Å². The molecule has 0 aliphatic rings. The summed E-state index contributed by atoms with van der Waals surface area (Å²) < 4.78 is 0. The molecule has 8 nitrogen and oxygen atoms in total. The van der Waals surface area contributed by atoms with Gasteiger partial charge in [0.15, 0.2) is 6.04 Å². The van der Waals surface area contributed by atoms with E-state index in [2.05, 4.69) is 15.3 Å². The fraction of sp³-hybridized carbons (Fsp3) is 0.538. The van der Waals surface area contributed by atoms with Crippen molar-refractivity contribution in [3.8, 4) is 0 Å². The summed E-state index contributed by atoms with van der Waals surface area (Å²) in [4.78, 5) is 30.8. The molecule has 0 spiro atoms. The number of nitrogens with two attached hydrogens (primary N) is 1. The number of carbonyl (C=O) groups excluding carboxylic acids is 1. The average molecular weight is 296 g/mol. The lowest BCUT2D eigenvalue weighted by Crippen LogP contribution is -2.47. The van der Waals surface area contributed by atoms with Crippen molar-refractivity contribution in [1.29, 1.82) is 0 Å². The summed E-state index contributed by atoms with van der Waals surface area (Å²) >= 11 is 0. The minimum atomic E-state index is -1.41. The molecular formula is C13H20N4O4. The maximum Gasteiger partial charge on any atom is 0.328 e. The second-order valence-electron chi connectivity index (χ2n) is 5.23. The molecule has 0 saturated heterocycles. The summed E-state index contributed by atoms with van der Waals surface area (Å²) in [5.74, 6) is -1.79. The summed E-state index contributed by atoms with van der Waals surface area (Å²) in [5, 5.41) is 20.5. The Kier molecular flexibility index (Phi) is 5.60. The average Bonchev–Trinajstić information content (AvgIpc) is 2.33. The summed E-state index contributed by atoms with van der Waals surface area (Å²) in [6.45, 7) is 5.26. The minimum Gasteiger partial charge on any atom is -0.480 e. The molecule has 5 N–H and O–H groups in total. The first kappa shape index (κ1) is 16.8. The van der Waals surface area contributed by atoms with Crippen LogP contribution in [0.2, 0.25) is 0 Å². The van der Waals surface area contributed by atoms with Gasteiger partial charge in [-0.1, -0.05) is 13.8 Å². The Morgan fingerprint density at radius 1 is 1.33 bits per heavy atom. The molecule has 116 valence electrons. The predicted molar refractivity (Wildman–Crippen MR) is 75.6 cm³/mol. The van der Waals surface area contributed by atoms with Crippen molar-refractivity contribution in [2.75, 3.05) is 5.73 Å². The molecule has 0 unspecified atom stereocenters. The Morgan fingerprint density at radius 2 is 1.95 bits per heavy atom. The van der Waals surface area contributed by atoms with Gasteiger partial charge < -0.3 is 21.3 Å². The summed E-state index contributed by atoms with van der Waals surface area (Å²) in [7, 11) is 0. The number of aliphatic carboxylic acids is 1. The van der Waals surface area contributed by atoms with Crippen LogP contribution in [0.5, 0.6) is 0 Å². The Hall–Kier alpha value is -2.22. The number of hydrogen-bond acceptors (Lipinski definition) is 6. The van der Waals surface area contributed by atoms with Crippen molar-refractivity contribution in [3.05, 3.63) is 17.5 Å². The van der Waals surface area contributed by atoms with Crippen molar-refractivity contribution in [2.45, 2.75) is 39.3 Å². The molecule has 0 fully saturated rings. The molecule has 1 aromatic rings. The fourth-order valence-corrected chi connectivity index (χ4v) is 1.76. The van der Waals surface area contributed by atoms with Crippen molar-refractivity contribution in [3.63, 3.8) is 0 Å². The standard InChI is InChI=1S/C13H20N4O4/c1-6(2)4-8-5-9(16-13(14)15-8)11(19)17-10(7(3)18)12(20)21/h5-7,10,18H,4H2,1-3H3,(H,17,19)(H,20,21)(H2,14,15,16)/t7-,10+/m1/s1. The van der Waals surface area contributed by atoms with E-state index in [9.17, 15) is 14.7 Å². The number of nitrogen functional groups attached to an aromatic ring is 1. The summed E-state index contributed by atoms with van der Waals surface area (Å²) in [6, 6.07) is 0.0503. The first-order valence-corrected chi connectivity index (χ1v) is 6.56. The molecule has 21 heavy (non-hydrogen) atoms. The number of anilines is 1. The SMILES string of the molecule is CC(C)Cc1cc(C(=O)N[C@H](C(=O)O)[C@@H](C)O)nc(N)n1. The number of hydrogen-bond donors (Lipinski definition) is 4. The Bertz CT molecular complexity index is 531. The molecule has 0 aliphatic carbocycles. The van der Waals surface area contributed by atoms with Crippen LogP contribution < -0.4 is 11.1 Å². The van der Waals surface area contributed by atoms with Gasteiger partial charge in [-0.25, -0.2) is 14.8 Å². The molecular weight excluding hydrogens is 276 g/mol. The molecule has 0 aromatic carbocycles. The Labute approximate surface area is 122 Å². The normalized spacial score (nSPS) is 13.8. The zero-order valence-corrected chi connectivity index (χ0v) is 12.2. The first-order valence-electron chi connectivity index (χ1n) is 6.56. The molecule has 0 aliphatic heterocycles. The van der Waals surface area contributed by atoms with Crippen LogP contribution in [0.4, 0.5) is 5.95 Å². The summed E-state index contributed by atoms with van der Waals surface area (Å²) in [5.41, 5.74) is 6.14. The molecule has 1 rings (SSSR count). The predicted octanol–water partition coefficient (Wildman–Crippen LogP) is -0.179. The minimum absolute atomic E-state index is 0.0231. The molecule has 1 amide bonds. The van der Waals surface area contributed by atoms with Crippen molar-refractivity contribution in [2.24, 2.45) is 5.92 Å². The van der Waals surface area contributed by atoms with Gasteiger partial charge in [0.1, 0.15) is 5.69 Å². The zero-order chi connectivity index (χ0) is 16.2. The van der Waals surface area contributed by atoms with Gasteiger partial charge in [-0.2, -0.15) is 0 Å². The second-order valence-corrected chi connectivity index (χ2v) is 5.23. The summed E-state index contributed by atoms with van der Waals surface area (Å²) in [6.07, 6.45) is -0.619. The van der Waals surface area contributed by atoms with Gasteiger partial charge in [0.2, 0.25) is 5.95 Å². The molecule has 1 heterocycles. The zero-order valence-electron chi connectivity index (χ0n) is 12.2. The van der Waals surface area contributed by atoms with Gasteiger partial charge >= 0.3 is 5.97 Å². The lowest BCUT2D eigenvalue weighted by Gasteiger charge is -2.17. The topological polar surface area (TPSA) is 138 Å². The molecule has 0 bridgehead atoms. The van der Waals surface area contributed by atoms with Crippen molar-refractivity contribution in [1.82, 2.24) is 15.3 Å². The van der Waals surface area contributed by atoms with Gasteiger partial charge in [0.05, 0.1) is 6.10 Å². The van der Waals surface area contributed by atoms with Gasteiger partial charge in [0.25, 0.3) is 5.91 Å². The van der Waals surface area contributed by atoms with E-state index in [1.54, 1.807) is 0 Å². The quantitative estimate of drug-likeness (QED) is 0.571. The molecule has 0 radical (unpaired) electrons. The highest BCUT2D eigenvalue weighted by Crippen LogP contribution is 2.09. The number of carbonyl (C=O) groups is 2. The smallest absolute Gasteiger partial charge is 0.328 e. The number of amides is 1. The van der Waals surface area contributed by atoms with Crippen molar-refractivity contribution >= 4 is 17.8 Å². The number of nitrogens with one attached hydrogen (secondary N) is 1. The number of aliphatic hydroxyl groups excluding tert-OH is 1. The third kappa shape index (κ3) is 4.99. The first-order chi connectivity index (χ1) is 9.70. The number of rotatable bonds is 6. The molecule has 0 saturated carbocycles. The highest BCUT2D eigenvalue weighted by Gasteiger charge is 2.26. The van der Waals surface area contributed by atoms with Crippen molar-refractivity contribution < 1.29 is 19.8 Å². The van der Waals surface area contributed by atoms with Crippen LogP contribution in [-0.4, -0.2) is 44.2 Å². The highest BCUT2D eigenvalue weighted by molar-refractivity contribution is 5.95. The maximum atomic E-state index is 12.0. The van der Waals surface area contributed by atoms with Gasteiger partial charge in [-0.05, 0) is 25.3 Å². The van der Waals surface area contributed by atoms with Crippen LogP contribution in [0.1, 0.15) is 37.0 Å². The lowest BCUT2D eigenvalue weighted by molar-refractivity contribution is -0.141. The van der Waals surface area contributed by atoms with Crippen LogP contribution in [0.3, 0.4) is 0 Å². The number of aromatic nitrogens is 2. The van der Waals surface area contributed by atoms with Gasteiger partial charge in [0, 0.05) is 5.69 Å². The van der Waals surface area contributed by atoms with E-state index in [-0.39, 0.29) is 11.6 Å². The molecule has 8 heteroatoms. The Balaban J connectivity index is 2.96. The van der Waals surface area contributed by atoms with E-state index in [1.165, 1.54) is 13.0 Å². The van der Waals surface area contributed by atoms with E-state index in [1.807, 2.05) is 13.8 Å². The number of carboxylic acids is 1. The third-order valence-electron chi connectivity index (χ3n) is 2.68. The highest BCUT2D eigenvalue weighted by atomic mass is 16.4. The second kappa shape index (κ2) is 6.98. The number of nitrogens with zero attached hydrogens (tertiary/aromatic N) is 2. The number of carboxylic acid groups (broad SMARTS) is 1. The van der Waals surface area contributed by atoms with Crippen LogP contribution in [-0.2, 0) is 11.2 Å². The lowest BCUT2D eigenvalue weighted by atomic mass is 10.1. The Morgan fingerprint density at radius 3 is 2.43 bits per heavy atom. The third-order valence-corrected chi connectivity index (χ3v) is 2.68. The largest absolute Gasteiger partial charge is 0.480 e. The van der Waals surface area contributed by atoms with Crippen LogP contribution in [0, 0.1) is 5.92 Å². The van der Waals surface area contributed by atoms with Gasteiger partial charge in [-0.3, -0.25) is 4.79 Å². The van der Waals surface area contributed by atoms with E-state index >= 15 is 0 Å². The maximum absolute atomic E-state index is 12.0. The van der Waals surface area contributed by atoms with Gasteiger partial charge in [-0.15, -0.1) is 0 Å². The van der Waals surface area contributed by atoms with E-state index in [4.69, 9.17) is 10.8 Å². The monoisotopic (exact) mass is 296 g/mol. The molecule has 1 aromatic heterocycles. The number of aliphatic hydroxyl groups is 1. The van der Waals surface area contributed by atoms with E-state index < -0.39 is 24.0 Å². The fourth-order valence-electron chi connectivity index (χ4n) is 1.76.